The van der Waals surface area contributed by atoms with Crippen LogP contribution in [0.2, 0.25) is 0 Å². The molecule has 2 heterocycles. The van der Waals surface area contributed by atoms with Crippen molar-refractivity contribution >= 4 is 29.5 Å². The molecule has 18 nitrogen and oxygen atoms in total. The number of nitrogens with zero attached hydrogens (tertiary/aromatic N) is 4. The predicted molar refractivity (Wildman–Crippen MR) is 247 cm³/mol. The van der Waals surface area contributed by atoms with E-state index in [0.717, 1.165) is 35.5 Å². The maximum atomic E-state index is 14.6. The minimum absolute atomic E-state index is 0.0119. The lowest BCUT2D eigenvalue weighted by molar-refractivity contribution is -0.141. The Labute approximate surface area is 384 Å². The molecule has 0 spiro atoms. The number of benzene rings is 3. The van der Waals surface area contributed by atoms with Crippen LogP contribution in [0.3, 0.4) is 0 Å². The zero-order valence-electron chi connectivity index (χ0n) is 38.1. The first-order chi connectivity index (χ1) is 31.7. The number of aryl methyl sites for hydroxylation is 2. The molecule has 1 aromatic heterocycles. The number of nitriles is 1. The smallest absolute Gasteiger partial charge is 0.255 e. The number of unbranched alkanes of at least 4 members (excludes halogenated alkanes) is 2. The van der Waals surface area contributed by atoms with Crippen LogP contribution in [-0.2, 0) is 25.6 Å². The lowest BCUT2D eigenvalue weighted by atomic mass is 9.93. The molecule has 0 saturated heterocycles. The van der Waals surface area contributed by atoms with Crippen molar-refractivity contribution in [2.75, 3.05) is 39.9 Å². The average Bonchev–Trinajstić information content (AvgIpc) is 3.29. The van der Waals surface area contributed by atoms with Gasteiger partial charge in [0.1, 0.15) is 48.0 Å². The Morgan fingerprint density at radius 2 is 1.64 bits per heavy atom. The Kier molecular flexibility index (Phi) is 17.9. The Bertz CT molecular complexity index is 2400. The molecular formula is C48H60N10O8. The molecule has 0 saturated carbocycles. The summed E-state index contributed by atoms with van der Waals surface area (Å²) in [6.07, 6.45) is 3.61. The normalized spacial score (nSPS) is 16.4. The number of rotatable bonds is 18. The van der Waals surface area contributed by atoms with Gasteiger partial charge in [-0.2, -0.15) is 5.26 Å². The molecule has 4 atom stereocenters. The number of ether oxygens (including phenoxy) is 2. The average molecular weight is 905 g/mol. The van der Waals surface area contributed by atoms with Crippen molar-refractivity contribution in [2.24, 2.45) is 11.5 Å². The summed E-state index contributed by atoms with van der Waals surface area (Å²) in [5, 5.41) is 31.0. The summed E-state index contributed by atoms with van der Waals surface area (Å²) in [6.45, 7) is 7.79. The minimum atomic E-state index is -1.43. The van der Waals surface area contributed by atoms with E-state index in [0.29, 0.717) is 53.7 Å². The Balaban J connectivity index is 1.50. The van der Waals surface area contributed by atoms with Crippen LogP contribution in [-0.4, -0.2) is 108 Å². The number of aromatic hydroxyl groups is 1. The van der Waals surface area contributed by atoms with E-state index in [2.05, 4.69) is 38.2 Å². The van der Waals surface area contributed by atoms with Crippen molar-refractivity contribution in [2.45, 2.75) is 90.4 Å². The van der Waals surface area contributed by atoms with Gasteiger partial charge in [-0.25, -0.2) is 9.97 Å². The molecule has 1 unspecified atom stereocenters. The number of fused-ring (bicyclic) bond motifs is 5. The van der Waals surface area contributed by atoms with Crippen LogP contribution in [0.5, 0.6) is 17.2 Å². The van der Waals surface area contributed by atoms with Crippen molar-refractivity contribution in [1.29, 1.82) is 5.26 Å². The second-order valence-corrected chi connectivity index (χ2v) is 16.1. The molecule has 1 aliphatic heterocycles. The van der Waals surface area contributed by atoms with E-state index >= 15 is 0 Å². The molecule has 1 aliphatic rings. The third-order valence-electron chi connectivity index (χ3n) is 11.1. The maximum Gasteiger partial charge on any atom is 0.255 e. The molecule has 0 aliphatic carbocycles. The second-order valence-electron chi connectivity index (χ2n) is 16.1. The zero-order chi connectivity index (χ0) is 47.9. The highest BCUT2D eigenvalue weighted by Gasteiger charge is 2.36. The van der Waals surface area contributed by atoms with Crippen molar-refractivity contribution in [1.82, 2.24) is 36.1 Å². The van der Waals surface area contributed by atoms with Crippen molar-refractivity contribution in [3.63, 3.8) is 0 Å². The number of nitrogens with two attached hydrogens (primary N) is 2. The largest absolute Gasteiger partial charge is 0.507 e. The monoisotopic (exact) mass is 904 g/mol. The summed E-state index contributed by atoms with van der Waals surface area (Å²) in [7, 11) is 1.39. The number of phenols is 1. The van der Waals surface area contributed by atoms with Crippen molar-refractivity contribution in [3.8, 4) is 45.8 Å². The number of hydrogen-bond donors (Lipinski definition) is 7. The van der Waals surface area contributed by atoms with Gasteiger partial charge in [-0.1, -0.05) is 31.9 Å². The predicted octanol–water partition coefficient (Wildman–Crippen LogP) is 3.26. The number of nitrogens with one attached hydrogen (secondary N) is 4. The van der Waals surface area contributed by atoms with Gasteiger partial charge in [0, 0.05) is 30.2 Å². The van der Waals surface area contributed by atoms with Crippen LogP contribution in [0.4, 0.5) is 0 Å². The number of amides is 5. The van der Waals surface area contributed by atoms with Gasteiger partial charge in [0.05, 0.1) is 36.2 Å². The quantitative estimate of drug-likeness (QED) is 0.0559. The van der Waals surface area contributed by atoms with E-state index in [-0.39, 0.29) is 55.0 Å². The van der Waals surface area contributed by atoms with E-state index < -0.39 is 53.7 Å². The van der Waals surface area contributed by atoms with Gasteiger partial charge in [-0.3, -0.25) is 24.0 Å². The first-order valence-electron chi connectivity index (χ1n) is 22.1. The highest BCUT2D eigenvalue weighted by molar-refractivity contribution is 6.00. The summed E-state index contributed by atoms with van der Waals surface area (Å²) in [5.41, 5.74) is 14.8. The van der Waals surface area contributed by atoms with Crippen LogP contribution in [0, 0.1) is 25.2 Å². The summed E-state index contributed by atoms with van der Waals surface area (Å²) in [4.78, 5) is 80.5. The van der Waals surface area contributed by atoms with E-state index in [1.807, 2.05) is 30.3 Å². The van der Waals surface area contributed by atoms with Crippen LogP contribution in [0.1, 0.15) is 84.9 Å². The van der Waals surface area contributed by atoms with Crippen LogP contribution in [0.25, 0.3) is 22.5 Å². The molecule has 5 rings (SSSR count). The number of phenolic OH excluding ortho intramolecular Hbond substituents is 1. The Morgan fingerprint density at radius 1 is 0.924 bits per heavy atom. The molecule has 9 N–H and O–H groups in total. The second kappa shape index (κ2) is 23.7. The van der Waals surface area contributed by atoms with E-state index in [9.17, 15) is 29.1 Å². The van der Waals surface area contributed by atoms with Gasteiger partial charge in [-0.15, -0.1) is 0 Å². The number of carbonyl (C=O) groups excluding carboxylic acids is 5. The Hall–Kier alpha value is -7.10. The lowest BCUT2D eigenvalue weighted by Gasteiger charge is -2.32. The molecule has 66 heavy (non-hydrogen) atoms. The number of aromatic nitrogens is 2. The first-order valence-corrected chi connectivity index (χ1v) is 22.1. The van der Waals surface area contributed by atoms with Crippen molar-refractivity contribution < 1.29 is 38.6 Å². The first kappa shape index (κ1) is 49.9. The molecule has 0 radical (unpaired) electrons. The number of hydrogen-bond acceptors (Lipinski definition) is 13. The van der Waals surface area contributed by atoms with E-state index in [4.69, 9.17) is 26.2 Å². The fraction of sp³-hybridized carbons (Fsp3) is 0.417. The molecule has 3 aromatic carbocycles. The van der Waals surface area contributed by atoms with Gasteiger partial charge in [0.2, 0.25) is 23.6 Å². The summed E-state index contributed by atoms with van der Waals surface area (Å²) in [5.74, 6) is -2.13. The molecule has 5 amide bonds. The third-order valence-corrected chi connectivity index (χ3v) is 11.1. The summed E-state index contributed by atoms with van der Waals surface area (Å²) < 4.78 is 12.0. The molecule has 350 valence electrons. The number of likely N-dealkylation sites (N-methyl/N-ethyl adjacent to an activating group) is 1. The van der Waals surface area contributed by atoms with E-state index in [1.165, 1.54) is 20.0 Å². The number of carbonyl (C=O) groups is 5. The summed E-state index contributed by atoms with van der Waals surface area (Å²) >= 11 is 0. The van der Waals surface area contributed by atoms with Crippen molar-refractivity contribution in [3.05, 3.63) is 88.7 Å². The minimum Gasteiger partial charge on any atom is -0.507 e. The van der Waals surface area contributed by atoms with Gasteiger partial charge >= 0.3 is 0 Å². The van der Waals surface area contributed by atoms with Crippen LogP contribution < -0.4 is 42.2 Å². The third kappa shape index (κ3) is 12.6. The van der Waals surface area contributed by atoms with Crippen LogP contribution in [0.15, 0.2) is 60.7 Å². The zero-order valence-corrected chi connectivity index (χ0v) is 38.1. The topological polar surface area (TPSA) is 277 Å². The van der Waals surface area contributed by atoms with Gasteiger partial charge in [-0.05, 0) is 113 Å². The lowest BCUT2D eigenvalue weighted by Crippen LogP contribution is -2.56. The standard InChI is InChI=1S/C48H60N10O8/c1-6-7-8-23-65-34-14-11-32(12-15-34)43-53-28(2)41(29(3)54-43)46(62)56-37(18-20-50)48(64)58(5)42-33-13-17-40(66-24-9-19-49)36(27-33)35-25-31(10-16-39(35)59)26-38(45(61)52-22-21-51)57-44(60)30(4)55-47(42)63/h10-17,25,27,30,37-38,42,59H,6-9,18-20,22-24,26,49-50H2,1-5H3,(H,52,61)(H,55,63)(H,56,62)(H,57,60)/t30-,37?,38-,42-/m0/s1. The summed E-state index contributed by atoms with van der Waals surface area (Å²) in [6, 6.07) is 13.7. The molecule has 0 fully saturated rings. The molecule has 4 aromatic rings. The molecule has 4 bridgehead atoms. The Morgan fingerprint density at radius 3 is 2.30 bits per heavy atom. The fourth-order valence-corrected chi connectivity index (χ4v) is 7.59. The fourth-order valence-electron chi connectivity index (χ4n) is 7.59. The molecule has 18 heteroatoms. The van der Waals surface area contributed by atoms with E-state index in [1.54, 1.807) is 44.2 Å². The molecular weight excluding hydrogens is 845 g/mol. The van der Waals surface area contributed by atoms with Gasteiger partial charge in [0.25, 0.3) is 5.91 Å². The maximum absolute atomic E-state index is 14.6. The van der Waals surface area contributed by atoms with Gasteiger partial charge in [0.15, 0.2) is 5.82 Å². The highest BCUT2D eigenvalue weighted by Crippen LogP contribution is 2.39. The van der Waals surface area contributed by atoms with Crippen LogP contribution >= 0.6 is 0 Å². The highest BCUT2D eigenvalue weighted by atomic mass is 16.5. The van der Waals surface area contributed by atoms with Gasteiger partial charge < -0.3 is 52.2 Å². The SMILES string of the molecule is CCCCCOc1ccc(-c2nc(C)c(C(=O)NC(CCN)C(=O)N(C)[C@@H]3C(=O)N[C@@H](C)C(=O)N[C@H](C(=O)NCC#N)Cc4ccc(O)c(c4)-c4cc3ccc4OCCCN)c(C)n2)cc1.